The number of nitrogens with one attached hydrogen (secondary N) is 1. The highest BCUT2D eigenvalue weighted by molar-refractivity contribution is 8.18. The quantitative estimate of drug-likeness (QED) is 0.690. The first-order valence-corrected chi connectivity index (χ1v) is 10.2. The first-order valence-electron chi connectivity index (χ1n) is 8.96. The zero-order chi connectivity index (χ0) is 20.8. The van der Waals surface area contributed by atoms with Crippen LogP contribution < -0.4 is 5.32 Å². The molecule has 1 heterocycles. The van der Waals surface area contributed by atoms with E-state index in [1.165, 1.54) is 6.08 Å². The van der Waals surface area contributed by atoms with Crippen molar-refractivity contribution < 1.29 is 14.4 Å². The lowest BCUT2D eigenvalue weighted by Gasteiger charge is -2.12. The highest BCUT2D eigenvalue weighted by Gasteiger charge is 2.34. The molecular weight excluding hydrogens is 408 g/mol. The lowest BCUT2D eigenvalue weighted by atomic mass is 10.1. The fraction of sp³-hybridized carbons (Fsp3) is 0.136. The zero-order valence-corrected chi connectivity index (χ0v) is 17.3. The highest BCUT2D eigenvalue weighted by atomic mass is 35.5. The normalized spacial score (nSPS) is 15.5. The van der Waals surface area contributed by atoms with Gasteiger partial charge in [-0.2, -0.15) is 0 Å². The molecule has 2 aromatic carbocycles. The van der Waals surface area contributed by atoms with Crippen LogP contribution in [0.2, 0.25) is 5.02 Å². The number of carbonyl (C=O) groups excluding carboxylic acids is 3. The number of hydrogen-bond acceptors (Lipinski definition) is 4. The molecule has 29 heavy (non-hydrogen) atoms. The van der Waals surface area contributed by atoms with Crippen LogP contribution >= 0.6 is 23.4 Å². The van der Waals surface area contributed by atoms with Gasteiger partial charge in [0.2, 0.25) is 5.91 Å². The van der Waals surface area contributed by atoms with Crippen molar-refractivity contribution in [2.24, 2.45) is 0 Å². The summed E-state index contributed by atoms with van der Waals surface area (Å²) in [7, 11) is 0. The Kier molecular flexibility index (Phi) is 6.90. The average Bonchev–Trinajstić information content (AvgIpc) is 2.95. The Morgan fingerprint density at radius 3 is 2.62 bits per heavy atom. The van der Waals surface area contributed by atoms with E-state index in [4.69, 9.17) is 11.6 Å². The van der Waals surface area contributed by atoms with Gasteiger partial charge in [-0.15, -0.1) is 0 Å². The van der Waals surface area contributed by atoms with Gasteiger partial charge in [-0.1, -0.05) is 53.6 Å². The van der Waals surface area contributed by atoms with Crippen molar-refractivity contribution in [3.63, 3.8) is 0 Å². The van der Waals surface area contributed by atoms with Gasteiger partial charge in [-0.25, -0.2) is 0 Å². The van der Waals surface area contributed by atoms with E-state index in [2.05, 4.69) is 5.32 Å². The number of thioether (sulfide) groups is 1. The Morgan fingerprint density at radius 2 is 1.90 bits per heavy atom. The lowest BCUT2D eigenvalue weighted by molar-refractivity contribution is -0.123. The molecule has 1 N–H and O–H groups in total. The minimum Gasteiger partial charge on any atom is -0.351 e. The van der Waals surface area contributed by atoms with Crippen molar-refractivity contribution in [3.05, 3.63) is 81.2 Å². The number of nitrogens with zero attached hydrogens (tertiary/aromatic N) is 1. The number of rotatable bonds is 6. The Labute approximate surface area is 178 Å². The van der Waals surface area contributed by atoms with Crippen molar-refractivity contribution in [2.75, 3.05) is 13.1 Å². The van der Waals surface area contributed by atoms with Crippen LogP contribution in [-0.4, -0.2) is 35.0 Å². The van der Waals surface area contributed by atoms with Crippen molar-refractivity contribution in [1.82, 2.24) is 10.2 Å². The van der Waals surface area contributed by atoms with E-state index in [0.717, 1.165) is 33.4 Å². The van der Waals surface area contributed by atoms with Gasteiger partial charge < -0.3 is 5.32 Å². The molecule has 0 radical (unpaired) electrons. The van der Waals surface area contributed by atoms with E-state index in [9.17, 15) is 14.4 Å². The second-order valence-corrected chi connectivity index (χ2v) is 7.85. The minimum atomic E-state index is -0.343. The number of carbonyl (C=O) groups is 3. The molecule has 0 bridgehead atoms. The van der Waals surface area contributed by atoms with Gasteiger partial charge in [0.05, 0.1) is 4.91 Å². The molecule has 3 rings (SSSR count). The maximum atomic E-state index is 12.5. The molecule has 0 atom stereocenters. The molecule has 1 aliphatic heterocycles. The molecule has 0 spiro atoms. The third-order valence-electron chi connectivity index (χ3n) is 4.16. The van der Waals surface area contributed by atoms with Crippen LogP contribution in [0.1, 0.15) is 16.7 Å². The fourth-order valence-corrected chi connectivity index (χ4v) is 3.70. The summed E-state index contributed by atoms with van der Waals surface area (Å²) >= 11 is 6.81. The van der Waals surface area contributed by atoms with E-state index < -0.39 is 0 Å². The molecule has 0 unspecified atom stereocenters. The van der Waals surface area contributed by atoms with Crippen molar-refractivity contribution in [1.29, 1.82) is 0 Å². The van der Waals surface area contributed by atoms with Crippen LogP contribution in [0.5, 0.6) is 0 Å². The number of aryl methyl sites for hydroxylation is 1. The van der Waals surface area contributed by atoms with Crippen LogP contribution in [0.15, 0.2) is 59.5 Å². The minimum absolute atomic E-state index is 0.118. The second kappa shape index (κ2) is 9.58. The molecule has 0 aromatic heterocycles. The van der Waals surface area contributed by atoms with E-state index in [1.54, 1.807) is 30.4 Å². The molecule has 148 valence electrons. The molecule has 1 fully saturated rings. The van der Waals surface area contributed by atoms with E-state index >= 15 is 0 Å². The van der Waals surface area contributed by atoms with Gasteiger partial charge in [-0.3, -0.25) is 19.3 Å². The van der Waals surface area contributed by atoms with Gasteiger partial charge in [0.1, 0.15) is 0 Å². The summed E-state index contributed by atoms with van der Waals surface area (Å²) in [5, 5.41) is 2.93. The summed E-state index contributed by atoms with van der Waals surface area (Å²) in [6.07, 6.45) is 4.74. The Hall–Kier alpha value is -2.83. The van der Waals surface area contributed by atoms with Crippen LogP contribution in [0.3, 0.4) is 0 Å². The van der Waals surface area contributed by atoms with E-state index in [1.807, 2.05) is 37.3 Å². The van der Waals surface area contributed by atoms with E-state index in [0.29, 0.717) is 9.93 Å². The van der Waals surface area contributed by atoms with Gasteiger partial charge in [0, 0.05) is 24.2 Å². The molecular formula is C22H19ClN2O3S. The van der Waals surface area contributed by atoms with Crippen molar-refractivity contribution >= 4 is 52.6 Å². The van der Waals surface area contributed by atoms with Gasteiger partial charge in [0.15, 0.2) is 0 Å². The standard InChI is InChI=1S/C22H19ClN2O3S/c1-15-5-7-17(8-6-15)14-19-21(27)25(22(28)29-19)12-11-24-20(26)10-9-16-3-2-4-18(23)13-16/h2-10,13-14H,11-12H2,1H3,(H,24,26). The fourth-order valence-electron chi connectivity index (χ4n) is 2.64. The summed E-state index contributed by atoms with van der Waals surface area (Å²) in [4.78, 5) is 38.1. The molecule has 1 saturated heterocycles. The second-order valence-electron chi connectivity index (χ2n) is 6.42. The van der Waals surface area contributed by atoms with Crippen LogP contribution in [0.25, 0.3) is 12.2 Å². The summed E-state index contributed by atoms with van der Waals surface area (Å²) in [6, 6.07) is 14.8. The molecule has 7 heteroatoms. The monoisotopic (exact) mass is 426 g/mol. The lowest BCUT2D eigenvalue weighted by Crippen LogP contribution is -2.36. The van der Waals surface area contributed by atoms with Crippen molar-refractivity contribution in [3.8, 4) is 0 Å². The molecule has 3 amide bonds. The Bertz CT molecular complexity index is 999. The van der Waals surface area contributed by atoms with Crippen LogP contribution in [-0.2, 0) is 9.59 Å². The molecule has 2 aromatic rings. The number of amides is 3. The first kappa shape index (κ1) is 20.9. The number of imide groups is 1. The van der Waals surface area contributed by atoms with Crippen molar-refractivity contribution in [2.45, 2.75) is 6.92 Å². The maximum Gasteiger partial charge on any atom is 0.293 e. The zero-order valence-electron chi connectivity index (χ0n) is 15.7. The predicted octanol–water partition coefficient (Wildman–Crippen LogP) is 4.51. The summed E-state index contributed by atoms with van der Waals surface area (Å²) < 4.78 is 0. The Morgan fingerprint density at radius 1 is 1.14 bits per heavy atom. The highest BCUT2D eigenvalue weighted by Crippen LogP contribution is 2.31. The third kappa shape index (κ3) is 5.82. The molecule has 1 aliphatic rings. The number of halogens is 1. The van der Waals surface area contributed by atoms with Gasteiger partial charge in [0.25, 0.3) is 11.1 Å². The molecule has 0 saturated carbocycles. The van der Waals surface area contributed by atoms with Gasteiger partial charge in [-0.05, 0) is 54.1 Å². The first-order chi connectivity index (χ1) is 13.9. The van der Waals surface area contributed by atoms with Crippen LogP contribution in [0, 0.1) is 6.92 Å². The summed E-state index contributed by atoms with van der Waals surface area (Å²) in [6.45, 7) is 2.28. The SMILES string of the molecule is Cc1ccc(C=C2SC(=O)N(CCNC(=O)C=Cc3cccc(Cl)c3)C2=O)cc1. The number of hydrogen-bond donors (Lipinski definition) is 1. The summed E-state index contributed by atoms with van der Waals surface area (Å²) in [5.41, 5.74) is 2.79. The topological polar surface area (TPSA) is 66.5 Å². The van der Waals surface area contributed by atoms with E-state index in [-0.39, 0.29) is 30.1 Å². The van der Waals surface area contributed by atoms with Crippen LogP contribution in [0.4, 0.5) is 4.79 Å². The third-order valence-corrected chi connectivity index (χ3v) is 5.30. The predicted molar refractivity (Wildman–Crippen MR) is 117 cm³/mol. The largest absolute Gasteiger partial charge is 0.351 e. The Balaban J connectivity index is 1.52. The molecule has 0 aliphatic carbocycles. The van der Waals surface area contributed by atoms with Gasteiger partial charge >= 0.3 is 0 Å². The number of benzene rings is 2. The maximum absolute atomic E-state index is 12.5. The smallest absolute Gasteiger partial charge is 0.293 e. The molecule has 5 nitrogen and oxygen atoms in total. The average molecular weight is 427 g/mol. The summed E-state index contributed by atoms with van der Waals surface area (Å²) in [5.74, 6) is -0.656.